The fraction of sp³-hybridized carbons (Fsp3) is 0.200. The Labute approximate surface area is 47.0 Å². The molecule has 0 atom stereocenters. The summed E-state index contributed by atoms with van der Waals surface area (Å²) >= 11 is 0. The lowest BCUT2D eigenvalue weighted by atomic mass is 10.4. The molecule has 0 spiro atoms. The molecule has 0 aliphatic rings. The quantitative estimate of drug-likeness (QED) is 0.552. The molecule has 3 heteroatoms. The van der Waals surface area contributed by atoms with Gasteiger partial charge in [-0.05, 0) is 0 Å². The van der Waals surface area contributed by atoms with E-state index in [1.165, 1.54) is 6.33 Å². The Hall–Kier alpha value is -0.960. The minimum atomic E-state index is 0.0147. The van der Waals surface area contributed by atoms with Gasteiger partial charge in [-0.25, -0.2) is 9.97 Å². The highest BCUT2D eigenvalue weighted by molar-refractivity contribution is 4.99. The molecule has 0 bridgehead atoms. The zero-order chi connectivity index (χ0) is 5.82. The number of hydrogen-bond acceptors (Lipinski definition) is 3. The second-order valence-corrected chi connectivity index (χ2v) is 1.40. The van der Waals surface area contributed by atoms with E-state index in [1.807, 2.05) is 0 Å². The molecule has 0 saturated heterocycles. The van der Waals surface area contributed by atoms with Gasteiger partial charge in [-0.2, -0.15) is 0 Å². The van der Waals surface area contributed by atoms with E-state index >= 15 is 0 Å². The Balaban J connectivity index is 2.83. The first kappa shape index (κ1) is 5.18. The van der Waals surface area contributed by atoms with Crippen LogP contribution in [0, 0.1) is 0 Å². The van der Waals surface area contributed by atoms with Crippen molar-refractivity contribution in [1.29, 1.82) is 0 Å². The summed E-state index contributed by atoms with van der Waals surface area (Å²) in [6.45, 7) is 0.0147. The first-order valence-corrected chi connectivity index (χ1v) is 2.28. The van der Waals surface area contributed by atoms with Crippen molar-refractivity contribution in [1.82, 2.24) is 9.97 Å². The third-order valence-electron chi connectivity index (χ3n) is 0.797. The van der Waals surface area contributed by atoms with E-state index in [0.717, 1.165) is 5.56 Å². The van der Waals surface area contributed by atoms with Crippen molar-refractivity contribution in [3.8, 4) is 0 Å². The van der Waals surface area contributed by atoms with Gasteiger partial charge in [0.25, 0.3) is 0 Å². The summed E-state index contributed by atoms with van der Waals surface area (Å²) in [5.74, 6) is 0. The van der Waals surface area contributed by atoms with E-state index in [4.69, 9.17) is 5.11 Å². The normalized spacial score (nSPS) is 9.12. The van der Waals surface area contributed by atoms with Gasteiger partial charge in [0.1, 0.15) is 6.33 Å². The van der Waals surface area contributed by atoms with Gasteiger partial charge in [0.2, 0.25) is 0 Å². The summed E-state index contributed by atoms with van der Waals surface area (Å²) in [6.07, 6.45) is 4.58. The van der Waals surface area contributed by atoms with Crippen LogP contribution < -0.4 is 0 Å². The third-order valence-corrected chi connectivity index (χ3v) is 0.797. The van der Waals surface area contributed by atoms with Gasteiger partial charge in [-0.15, -0.1) is 0 Å². The molecule has 0 aliphatic heterocycles. The maximum absolute atomic E-state index is 8.46. The third kappa shape index (κ3) is 1.01. The molecule has 42 valence electrons. The van der Waals surface area contributed by atoms with Crippen LogP contribution >= 0.6 is 0 Å². The molecular weight excluding hydrogens is 104 g/mol. The lowest BCUT2D eigenvalue weighted by Crippen LogP contribution is -1.84. The fourth-order valence-corrected chi connectivity index (χ4v) is 0.412. The monoisotopic (exact) mass is 110 g/mol. The van der Waals surface area contributed by atoms with E-state index in [0.29, 0.717) is 0 Å². The Kier molecular flexibility index (Phi) is 1.54. The molecule has 8 heavy (non-hydrogen) atoms. The zero-order valence-electron chi connectivity index (χ0n) is 4.28. The van der Waals surface area contributed by atoms with Gasteiger partial charge in [-0.1, -0.05) is 0 Å². The van der Waals surface area contributed by atoms with Crippen molar-refractivity contribution >= 4 is 0 Å². The van der Waals surface area contributed by atoms with Crippen molar-refractivity contribution in [2.45, 2.75) is 6.61 Å². The number of aromatic nitrogens is 2. The molecule has 0 aromatic carbocycles. The molecule has 1 N–H and O–H groups in total. The topological polar surface area (TPSA) is 46.0 Å². The van der Waals surface area contributed by atoms with E-state index in [-0.39, 0.29) is 6.61 Å². The van der Waals surface area contributed by atoms with E-state index in [9.17, 15) is 0 Å². The molecule has 0 amide bonds. The molecule has 1 aromatic rings. The molecule has 0 aliphatic carbocycles. The second kappa shape index (κ2) is 2.37. The van der Waals surface area contributed by atoms with E-state index in [2.05, 4.69) is 9.97 Å². The van der Waals surface area contributed by atoms with Crippen LogP contribution in [0.2, 0.25) is 0 Å². The van der Waals surface area contributed by atoms with Gasteiger partial charge in [0, 0.05) is 18.0 Å². The molecule has 3 nitrogen and oxygen atoms in total. The Morgan fingerprint density at radius 3 is 2.38 bits per heavy atom. The molecule has 1 aromatic heterocycles. The summed E-state index contributed by atoms with van der Waals surface area (Å²) in [5.41, 5.74) is 0.743. The van der Waals surface area contributed by atoms with Crippen molar-refractivity contribution < 1.29 is 5.11 Å². The number of rotatable bonds is 1. The molecule has 1 heterocycles. The average molecular weight is 110 g/mol. The maximum Gasteiger partial charge on any atom is 0.115 e. The number of nitrogens with zero attached hydrogens (tertiary/aromatic N) is 2. The lowest BCUT2D eigenvalue weighted by molar-refractivity contribution is 0.281. The minimum absolute atomic E-state index is 0.0147. The Morgan fingerprint density at radius 1 is 1.38 bits per heavy atom. The molecule has 0 saturated carbocycles. The second-order valence-electron chi connectivity index (χ2n) is 1.40. The van der Waals surface area contributed by atoms with Gasteiger partial charge < -0.3 is 5.11 Å². The van der Waals surface area contributed by atoms with Crippen LogP contribution in [0.25, 0.3) is 0 Å². The predicted molar refractivity (Wildman–Crippen MR) is 28.0 cm³/mol. The number of aliphatic hydroxyl groups excluding tert-OH is 1. The van der Waals surface area contributed by atoms with Crippen LogP contribution in [0.4, 0.5) is 0 Å². The van der Waals surface area contributed by atoms with Crippen molar-refractivity contribution in [3.63, 3.8) is 0 Å². The van der Waals surface area contributed by atoms with Crippen LogP contribution in [0.15, 0.2) is 18.7 Å². The van der Waals surface area contributed by atoms with Crippen molar-refractivity contribution in [3.05, 3.63) is 24.3 Å². The van der Waals surface area contributed by atoms with Crippen LogP contribution in [0.3, 0.4) is 0 Å². The Bertz CT molecular complexity index is 152. The van der Waals surface area contributed by atoms with E-state index < -0.39 is 0 Å². The molecule has 1 rings (SSSR count). The Morgan fingerprint density at radius 2 is 2.00 bits per heavy atom. The van der Waals surface area contributed by atoms with Gasteiger partial charge in [-0.3, -0.25) is 0 Å². The number of aliphatic hydroxyl groups is 1. The molecule has 0 radical (unpaired) electrons. The average Bonchev–Trinajstić information content (AvgIpc) is 1.90. The predicted octanol–water partition coefficient (Wildman–Crippen LogP) is -0.0311. The number of hydrogen-bond donors (Lipinski definition) is 1. The van der Waals surface area contributed by atoms with Gasteiger partial charge >= 0.3 is 0 Å². The van der Waals surface area contributed by atoms with E-state index in [1.54, 1.807) is 12.4 Å². The summed E-state index contributed by atoms with van der Waals surface area (Å²) in [4.78, 5) is 7.37. The minimum Gasteiger partial charge on any atom is -0.392 e. The summed E-state index contributed by atoms with van der Waals surface area (Å²) in [5, 5.41) is 8.46. The standard InChI is InChI=1S/C5H6N2O/c8-3-5-1-6-4-7-2-5/h1-2,4,8H,3H2. The van der Waals surface area contributed by atoms with Crippen LogP contribution in [-0.4, -0.2) is 15.1 Å². The first-order chi connectivity index (χ1) is 3.93. The van der Waals surface area contributed by atoms with Gasteiger partial charge in [0.05, 0.1) is 6.61 Å². The SMILES string of the molecule is OCc1cncnc1. The van der Waals surface area contributed by atoms with Crippen molar-refractivity contribution in [2.75, 3.05) is 0 Å². The molecule has 0 fully saturated rings. The zero-order valence-corrected chi connectivity index (χ0v) is 4.28. The van der Waals surface area contributed by atoms with Crippen LogP contribution in [0.5, 0.6) is 0 Å². The highest BCUT2D eigenvalue weighted by Crippen LogP contribution is 1.88. The summed E-state index contributed by atoms with van der Waals surface area (Å²) in [6, 6.07) is 0. The summed E-state index contributed by atoms with van der Waals surface area (Å²) < 4.78 is 0. The van der Waals surface area contributed by atoms with Gasteiger partial charge in [0.15, 0.2) is 0 Å². The molecule has 0 unspecified atom stereocenters. The van der Waals surface area contributed by atoms with Crippen molar-refractivity contribution in [2.24, 2.45) is 0 Å². The molecular formula is C5H6N2O. The summed E-state index contributed by atoms with van der Waals surface area (Å²) in [7, 11) is 0. The van der Waals surface area contributed by atoms with Crippen LogP contribution in [0.1, 0.15) is 5.56 Å². The largest absolute Gasteiger partial charge is 0.392 e. The maximum atomic E-state index is 8.46. The first-order valence-electron chi connectivity index (χ1n) is 2.28. The highest BCUT2D eigenvalue weighted by Gasteiger charge is 1.83. The van der Waals surface area contributed by atoms with Crippen LogP contribution in [-0.2, 0) is 6.61 Å². The lowest BCUT2D eigenvalue weighted by Gasteiger charge is -1.87. The fourth-order valence-electron chi connectivity index (χ4n) is 0.412. The highest BCUT2D eigenvalue weighted by atomic mass is 16.3. The smallest absolute Gasteiger partial charge is 0.115 e.